The summed E-state index contributed by atoms with van der Waals surface area (Å²) in [6.45, 7) is -2.26. The molecule has 6 nitrogen and oxygen atoms in total. The van der Waals surface area contributed by atoms with Gasteiger partial charge in [0.1, 0.15) is 18.0 Å². The number of carbonyl (C=O) groups is 2. The summed E-state index contributed by atoms with van der Waals surface area (Å²) >= 11 is 0. The van der Waals surface area contributed by atoms with Crippen molar-refractivity contribution in [3.8, 4) is 11.5 Å². The van der Waals surface area contributed by atoms with Crippen molar-refractivity contribution in [3.63, 3.8) is 0 Å². The fourth-order valence-electron chi connectivity index (χ4n) is 4.24. The highest BCUT2D eigenvalue weighted by Gasteiger charge is 2.35. The molecule has 0 aliphatic carbocycles. The number of rotatable bonds is 8. The molecule has 1 aliphatic heterocycles. The van der Waals surface area contributed by atoms with E-state index in [-0.39, 0.29) is 30.2 Å². The van der Waals surface area contributed by atoms with E-state index in [1.165, 1.54) is 29.2 Å². The number of methoxy groups -OCH3 is 1. The molecule has 0 aromatic heterocycles. The van der Waals surface area contributed by atoms with Crippen LogP contribution in [0.15, 0.2) is 78.9 Å². The zero-order valence-electron chi connectivity index (χ0n) is 19.3. The van der Waals surface area contributed by atoms with Crippen LogP contribution in [0.25, 0.3) is 0 Å². The monoisotopic (exact) mass is 480 g/mol. The Morgan fingerprint density at radius 1 is 0.971 bits per heavy atom. The number of carbonyl (C=O) groups excluding carboxylic acids is 2. The lowest BCUT2D eigenvalue weighted by atomic mass is 10.00. The number of benzene rings is 3. The summed E-state index contributed by atoms with van der Waals surface area (Å²) in [6, 6.07) is 22.6. The standard InChI is InChI=1S/C27H26F2N2O4/c1-34-24-9-5-8-20(15-24)16-31-22(14-19-6-3-2-4-7-19)17-30(18-25(31)32)26(33)21-10-12-23(13-11-21)35-27(28)29/h2-13,15,22,27H,14,16-18H2,1H3/t22-/m0/s1. The minimum absolute atomic E-state index is 0.0299. The summed E-state index contributed by atoms with van der Waals surface area (Å²) in [5.41, 5.74) is 2.30. The highest BCUT2D eigenvalue weighted by atomic mass is 19.3. The van der Waals surface area contributed by atoms with Gasteiger partial charge in [0, 0.05) is 18.7 Å². The summed E-state index contributed by atoms with van der Waals surface area (Å²) in [6.07, 6.45) is 0.585. The van der Waals surface area contributed by atoms with Crippen LogP contribution in [-0.2, 0) is 17.8 Å². The molecule has 0 radical (unpaired) electrons. The maximum Gasteiger partial charge on any atom is 0.387 e. The molecule has 35 heavy (non-hydrogen) atoms. The van der Waals surface area contributed by atoms with Gasteiger partial charge in [0.15, 0.2) is 0 Å². The minimum Gasteiger partial charge on any atom is -0.497 e. The van der Waals surface area contributed by atoms with E-state index in [1.54, 1.807) is 7.11 Å². The predicted molar refractivity (Wildman–Crippen MR) is 126 cm³/mol. The van der Waals surface area contributed by atoms with Crippen LogP contribution in [0.1, 0.15) is 21.5 Å². The van der Waals surface area contributed by atoms with Crippen LogP contribution in [0.2, 0.25) is 0 Å². The quantitative estimate of drug-likeness (QED) is 0.480. The molecule has 1 aliphatic rings. The van der Waals surface area contributed by atoms with E-state index < -0.39 is 6.61 Å². The van der Waals surface area contributed by atoms with Gasteiger partial charge in [-0.15, -0.1) is 0 Å². The first kappa shape index (κ1) is 24.2. The number of ether oxygens (including phenoxy) is 2. The third kappa shape index (κ3) is 6.15. The zero-order chi connectivity index (χ0) is 24.8. The summed E-state index contributed by atoms with van der Waals surface area (Å²) in [4.78, 5) is 29.8. The molecule has 0 spiro atoms. The molecular formula is C27H26F2N2O4. The Labute approximate surface area is 202 Å². The van der Waals surface area contributed by atoms with Gasteiger partial charge in [0.25, 0.3) is 5.91 Å². The number of nitrogens with zero attached hydrogens (tertiary/aromatic N) is 2. The molecule has 1 heterocycles. The maximum atomic E-state index is 13.3. The van der Waals surface area contributed by atoms with Crippen LogP contribution in [0.4, 0.5) is 8.78 Å². The van der Waals surface area contributed by atoms with E-state index in [2.05, 4.69) is 4.74 Å². The second-order valence-electron chi connectivity index (χ2n) is 8.31. The van der Waals surface area contributed by atoms with Crippen LogP contribution >= 0.6 is 0 Å². The Kier molecular flexibility index (Phi) is 7.60. The van der Waals surface area contributed by atoms with Crippen LogP contribution in [0, 0.1) is 0 Å². The first-order valence-electron chi connectivity index (χ1n) is 11.2. The second-order valence-corrected chi connectivity index (χ2v) is 8.31. The highest BCUT2D eigenvalue weighted by Crippen LogP contribution is 2.23. The van der Waals surface area contributed by atoms with Gasteiger partial charge in [-0.1, -0.05) is 42.5 Å². The maximum absolute atomic E-state index is 13.3. The van der Waals surface area contributed by atoms with E-state index in [9.17, 15) is 18.4 Å². The molecule has 0 saturated carbocycles. The molecule has 1 fully saturated rings. The van der Waals surface area contributed by atoms with Gasteiger partial charge in [-0.2, -0.15) is 8.78 Å². The van der Waals surface area contributed by atoms with Crippen LogP contribution in [0.5, 0.6) is 11.5 Å². The van der Waals surface area contributed by atoms with Crippen molar-refractivity contribution in [1.82, 2.24) is 9.80 Å². The Morgan fingerprint density at radius 2 is 1.69 bits per heavy atom. The van der Waals surface area contributed by atoms with Gasteiger partial charge in [-0.3, -0.25) is 9.59 Å². The Balaban J connectivity index is 1.55. The average Bonchev–Trinajstić information content (AvgIpc) is 2.86. The van der Waals surface area contributed by atoms with Gasteiger partial charge in [0.05, 0.1) is 13.2 Å². The zero-order valence-corrected chi connectivity index (χ0v) is 19.3. The number of alkyl halides is 2. The molecule has 0 unspecified atom stereocenters. The SMILES string of the molecule is COc1cccc(CN2C(=O)CN(C(=O)c3ccc(OC(F)F)cc3)C[C@@H]2Cc2ccccc2)c1. The van der Waals surface area contributed by atoms with Gasteiger partial charge >= 0.3 is 6.61 Å². The number of halogens is 2. The third-order valence-electron chi connectivity index (χ3n) is 5.93. The van der Waals surface area contributed by atoms with E-state index in [4.69, 9.17) is 4.74 Å². The summed E-state index contributed by atoms with van der Waals surface area (Å²) in [7, 11) is 1.60. The highest BCUT2D eigenvalue weighted by molar-refractivity contribution is 5.97. The van der Waals surface area contributed by atoms with Crippen molar-refractivity contribution in [1.29, 1.82) is 0 Å². The fraction of sp³-hybridized carbons (Fsp3) is 0.259. The molecule has 1 saturated heterocycles. The fourth-order valence-corrected chi connectivity index (χ4v) is 4.24. The number of hydrogen-bond acceptors (Lipinski definition) is 4. The van der Waals surface area contributed by atoms with Crippen LogP contribution < -0.4 is 9.47 Å². The van der Waals surface area contributed by atoms with Crippen molar-refractivity contribution in [2.45, 2.75) is 25.6 Å². The minimum atomic E-state index is -2.94. The third-order valence-corrected chi connectivity index (χ3v) is 5.93. The normalized spacial score (nSPS) is 15.9. The van der Waals surface area contributed by atoms with Crippen molar-refractivity contribution >= 4 is 11.8 Å². The molecule has 0 bridgehead atoms. The second kappa shape index (κ2) is 11.0. The topological polar surface area (TPSA) is 59.1 Å². The Morgan fingerprint density at radius 3 is 2.37 bits per heavy atom. The van der Waals surface area contributed by atoms with Crippen molar-refractivity contribution < 1.29 is 27.8 Å². The van der Waals surface area contributed by atoms with Gasteiger partial charge in [0.2, 0.25) is 5.91 Å². The van der Waals surface area contributed by atoms with Crippen LogP contribution in [0.3, 0.4) is 0 Å². The average molecular weight is 481 g/mol. The molecule has 1 atom stereocenters. The summed E-state index contributed by atoms with van der Waals surface area (Å²) < 4.78 is 34.5. The molecule has 8 heteroatoms. The largest absolute Gasteiger partial charge is 0.497 e. The number of hydrogen-bond donors (Lipinski definition) is 0. The van der Waals surface area contributed by atoms with Crippen molar-refractivity contribution in [2.24, 2.45) is 0 Å². The lowest BCUT2D eigenvalue weighted by Crippen LogP contribution is -2.58. The summed E-state index contributed by atoms with van der Waals surface area (Å²) in [5.74, 6) is 0.187. The van der Waals surface area contributed by atoms with Crippen LogP contribution in [-0.4, -0.2) is 54.5 Å². The molecule has 182 valence electrons. The molecular weight excluding hydrogens is 454 g/mol. The lowest BCUT2D eigenvalue weighted by Gasteiger charge is -2.41. The van der Waals surface area contributed by atoms with E-state index in [0.717, 1.165) is 11.1 Å². The number of piperazine rings is 1. The smallest absolute Gasteiger partial charge is 0.387 e. The van der Waals surface area contributed by atoms with Gasteiger partial charge in [-0.05, 0) is 53.9 Å². The molecule has 0 N–H and O–H groups in total. The van der Waals surface area contributed by atoms with E-state index >= 15 is 0 Å². The van der Waals surface area contributed by atoms with Gasteiger partial charge in [-0.25, -0.2) is 0 Å². The Bertz CT molecular complexity index is 1160. The first-order chi connectivity index (χ1) is 16.9. The predicted octanol–water partition coefficient (Wildman–Crippen LogP) is 4.39. The van der Waals surface area contributed by atoms with Crippen molar-refractivity contribution in [2.75, 3.05) is 20.2 Å². The molecule has 3 aromatic rings. The summed E-state index contributed by atoms with van der Waals surface area (Å²) in [5, 5.41) is 0. The molecule has 2 amide bonds. The number of amides is 2. The lowest BCUT2D eigenvalue weighted by molar-refractivity contribution is -0.139. The molecule has 4 rings (SSSR count). The first-order valence-corrected chi connectivity index (χ1v) is 11.2. The van der Waals surface area contributed by atoms with E-state index in [1.807, 2.05) is 59.5 Å². The van der Waals surface area contributed by atoms with E-state index in [0.29, 0.717) is 30.8 Å². The van der Waals surface area contributed by atoms with Crippen molar-refractivity contribution in [3.05, 3.63) is 95.6 Å². The van der Waals surface area contributed by atoms with Gasteiger partial charge < -0.3 is 19.3 Å². The molecule has 3 aromatic carbocycles. The Hall–Kier alpha value is -3.94.